The lowest BCUT2D eigenvalue weighted by Crippen LogP contribution is -2.50. The second-order valence-electron chi connectivity index (χ2n) is 7.91. The van der Waals surface area contributed by atoms with Gasteiger partial charge in [-0.15, -0.1) is 0 Å². The molecule has 5 heteroatoms. The first-order valence-electron chi connectivity index (χ1n) is 10.3. The van der Waals surface area contributed by atoms with Crippen LogP contribution in [0, 0.1) is 0 Å². The summed E-state index contributed by atoms with van der Waals surface area (Å²) in [4.78, 5) is 20.5. The highest BCUT2D eigenvalue weighted by atomic mass is 16.2. The summed E-state index contributed by atoms with van der Waals surface area (Å²) < 4.78 is 0. The summed E-state index contributed by atoms with van der Waals surface area (Å²) in [7, 11) is 0. The van der Waals surface area contributed by atoms with E-state index in [0.29, 0.717) is 0 Å². The van der Waals surface area contributed by atoms with Gasteiger partial charge in [0.2, 0.25) is 0 Å². The molecule has 148 valence electrons. The number of H-pyrrole nitrogens is 1. The van der Waals surface area contributed by atoms with E-state index in [2.05, 4.69) is 51.7 Å². The molecule has 0 saturated carbocycles. The molecule has 3 aliphatic heterocycles. The van der Waals surface area contributed by atoms with Gasteiger partial charge in [0.05, 0.1) is 0 Å². The fraction of sp³-hybridized carbons (Fsp3) is 0.292. The van der Waals surface area contributed by atoms with Crippen molar-refractivity contribution in [2.75, 3.05) is 19.6 Å². The molecule has 0 bridgehead atoms. The summed E-state index contributed by atoms with van der Waals surface area (Å²) in [6.07, 6.45) is 14.0. The normalized spacial score (nSPS) is 22.1. The number of nitrogens with zero attached hydrogens (tertiary/aromatic N) is 2. The van der Waals surface area contributed by atoms with Gasteiger partial charge in [0, 0.05) is 59.8 Å². The maximum absolute atomic E-state index is 12.9. The largest absolute Gasteiger partial charge is 0.365 e. The van der Waals surface area contributed by atoms with E-state index in [9.17, 15) is 4.79 Å². The van der Waals surface area contributed by atoms with Gasteiger partial charge in [0.15, 0.2) is 0 Å². The third-order valence-corrected chi connectivity index (χ3v) is 6.17. The number of nitrogens with one attached hydrogen (secondary N) is 2. The van der Waals surface area contributed by atoms with Crippen molar-refractivity contribution in [2.45, 2.75) is 25.9 Å². The quantitative estimate of drug-likeness (QED) is 0.841. The van der Waals surface area contributed by atoms with Crippen molar-refractivity contribution in [3.8, 4) is 0 Å². The van der Waals surface area contributed by atoms with Gasteiger partial charge in [-0.25, -0.2) is 0 Å². The second kappa shape index (κ2) is 7.41. The molecule has 3 aliphatic rings. The molecule has 1 unspecified atom stereocenters. The maximum Gasteiger partial charge on any atom is 0.257 e. The summed E-state index contributed by atoms with van der Waals surface area (Å²) >= 11 is 0. The van der Waals surface area contributed by atoms with Crippen LogP contribution in [0.2, 0.25) is 0 Å². The number of amides is 1. The van der Waals surface area contributed by atoms with Crippen molar-refractivity contribution in [3.63, 3.8) is 0 Å². The lowest BCUT2D eigenvalue weighted by molar-refractivity contribution is -0.127. The molecule has 2 N–H and O–H groups in total. The summed E-state index contributed by atoms with van der Waals surface area (Å²) in [6, 6.07) is 8.47. The Labute approximate surface area is 171 Å². The number of allylic oxidation sites excluding steroid dienone is 3. The van der Waals surface area contributed by atoms with Crippen LogP contribution in [0.5, 0.6) is 0 Å². The van der Waals surface area contributed by atoms with Crippen molar-refractivity contribution in [1.82, 2.24) is 20.1 Å². The van der Waals surface area contributed by atoms with Gasteiger partial charge < -0.3 is 10.3 Å². The van der Waals surface area contributed by atoms with Crippen LogP contribution in [0.4, 0.5) is 0 Å². The van der Waals surface area contributed by atoms with Crippen molar-refractivity contribution in [1.29, 1.82) is 0 Å². The molecule has 4 heterocycles. The number of hydrogen-bond donors (Lipinski definition) is 2. The van der Waals surface area contributed by atoms with Crippen molar-refractivity contribution in [2.24, 2.45) is 0 Å². The highest BCUT2D eigenvalue weighted by Gasteiger charge is 2.30. The first-order valence-corrected chi connectivity index (χ1v) is 10.3. The SMILES string of the molecule is CC1=C(CCN2CC=C(c3c[nH]c4ccccc34)CC2)C(=O)N2C=CC=CC2N1. The van der Waals surface area contributed by atoms with Crippen molar-refractivity contribution >= 4 is 22.4 Å². The Balaban J connectivity index is 1.25. The van der Waals surface area contributed by atoms with E-state index in [1.54, 1.807) is 4.90 Å². The van der Waals surface area contributed by atoms with E-state index in [1.165, 1.54) is 22.0 Å². The Kier molecular flexibility index (Phi) is 4.60. The van der Waals surface area contributed by atoms with Crippen LogP contribution >= 0.6 is 0 Å². The minimum Gasteiger partial charge on any atom is -0.365 e. The smallest absolute Gasteiger partial charge is 0.257 e. The highest BCUT2D eigenvalue weighted by molar-refractivity contribution is 5.96. The number of aromatic nitrogens is 1. The molecular weight excluding hydrogens is 360 g/mol. The summed E-state index contributed by atoms with van der Waals surface area (Å²) in [5.74, 6) is 0.124. The summed E-state index contributed by atoms with van der Waals surface area (Å²) in [6.45, 7) is 4.86. The molecule has 29 heavy (non-hydrogen) atoms. The van der Waals surface area contributed by atoms with Crippen LogP contribution < -0.4 is 5.32 Å². The van der Waals surface area contributed by atoms with Crippen molar-refractivity contribution in [3.05, 3.63) is 77.8 Å². The Bertz CT molecular complexity index is 1070. The summed E-state index contributed by atoms with van der Waals surface area (Å²) in [5, 5.41) is 4.74. The van der Waals surface area contributed by atoms with Gasteiger partial charge >= 0.3 is 0 Å². The first-order chi connectivity index (χ1) is 14.2. The molecule has 5 rings (SSSR count). The third kappa shape index (κ3) is 3.32. The number of carbonyl (C=O) groups is 1. The molecule has 1 aromatic heterocycles. The topological polar surface area (TPSA) is 51.4 Å². The molecule has 0 saturated heterocycles. The predicted molar refractivity (Wildman–Crippen MR) is 117 cm³/mol. The third-order valence-electron chi connectivity index (χ3n) is 6.17. The number of aromatic amines is 1. The minimum absolute atomic E-state index is 0.0482. The number of hydrogen-bond acceptors (Lipinski definition) is 3. The molecule has 1 aromatic carbocycles. The van der Waals surface area contributed by atoms with Crippen LogP contribution in [-0.2, 0) is 4.79 Å². The van der Waals surface area contributed by atoms with E-state index in [0.717, 1.165) is 43.7 Å². The van der Waals surface area contributed by atoms with Gasteiger partial charge in [0.1, 0.15) is 6.17 Å². The zero-order valence-corrected chi connectivity index (χ0v) is 16.7. The van der Waals surface area contributed by atoms with E-state index < -0.39 is 0 Å². The Morgan fingerprint density at radius 1 is 1.21 bits per heavy atom. The number of rotatable bonds is 4. The first kappa shape index (κ1) is 18.0. The lowest BCUT2D eigenvalue weighted by Gasteiger charge is -2.36. The lowest BCUT2D eigenvalue weighted by atomic mass is 9.98. The van der Waals surface area contributed by atoms with E-state index >= 15 is 0 Å². The molecule has 1 amide bonds. The number of benzene rings is 1. The monoisotopic (exact) mass is 386 g/mol. The molecule has 0 fully saturated rings. The fourth-order valence-corrected chi connectivity index (χ4v) is 4.49. The van der Waals surface area contributed by atoms with E-state index in [1.807, 2.05) is 31.4 Å². The molecule has 0 spiro atoms. The Morgan fingerprint density at radius 2 is 2.10 bits per heavy atom. The van der Waals surface area contributed by atoms with E-state index in [-0.39, 0.29) is 12.1 Å². The molecule has 1 atom stereocenters. The van der Waals surface area contributed by atoms with Gasteiger partial charge in [-0.05, 0) is 43.6 Å². The Morgan fingerprint density at radius 3 is 2.97 bits per heavy atom. The molecule has 0 radical (unpaired) electrons. The molecular formula is C24H26N4O. The van der Waals surface area contributed by atoms with Crippen LogP contribution in [0.3, 0.4) is 0 Å². The minimum atomic E-state index is -0.0482. The molecule has 5 nitrogen and oxygen atoms in total. The zero-order valence-electron chi connectivity index (χ0n) is 16.7. The summed E-state index contributed by atoms with van der Waals surface area (Å²) in [5.41, 5.74) is 5.83. The van der Waals surface area contributed by atoms with Gasteiger partial charge in [0.25, 0.3) is 5.91 Å². The van der Waals surface area contributed by atoms with Crippen LogP contribution in [0.1, 0.15) is 25.3 Å². The average Bonchev–Trinajstić information content (AvgIpc) is 3.18. The Hall–Kier alpha value is -3.05. The van der Waals surface area contributed by atoms with Gasteiger partial charge in [-0.3, -0.25) is 14.6 Å². The van der Waals surface area contributed by atoms with Gasteiger partial charge in [-0.1, -0.05) is 30.4 Å². The number of fused-ring (bicyclic) bond motifs is 2. The van der Waals surface area contributed by atoms with Crippen molar-refractivity contribution < 1.29 is 4.79 Å². The van der Waals surface area contributed by atoms with Crippen LogP contribution in [0.15, 0.2) is 72.2 Å². The predicted octanol–water partition coefficient (Wildman–Crippen LogP) is 3.76. The average molecular weight is 386 g/mol. The van der Waals surface area contributed by atoms with Crippen LogP contribution in [0.25, 0.3) is 16.5 Å². The number of para-hydroxylation sites is 1. The maximum atomic E-state index is 12.9. The second-order valence-corrected chi connectivity index (χ2v) is 7.91. The van der Waals surface area contributed by atoms with Gasteiger partial charge in [-0.2, -0.15) is 0 Å². The van der Waals surface area contributed by atoms with Crippen LogP contribution in [-0.4, -0.2) is 46.5 Å². The standard InChI is InChI=1S/C24H26N4O/c1-17-19(24(29)28-12-5-4-8-23(28)26-17)11-15-27-13-9-18(10-14-27)21-16-25-22-7-3-2-6-20(21)22/h2-9,12,16,23,25-26H,10-11,13-15H2,1H3. The fourth-order valence-electron chi connectivity index (χ4n) is 4.49. The van der Waals surface area contributed by atoms with E-state index in [4.69, 9.17) is 0 Å². The molecule has 0 aliphatic carbocycles. The zero-order chi connectivity index (χ0) is 19.8. The molecule has 2 aromatic rings. The highest BCUT2D eigenvalue weighted by Crippen LogP contribution is 2.29. The number of carbonyl (C=O) groups excluding carboxylic acids is 1.